The molecule has 1 fully saturated rings. The van der Waals surface area contributed by atoms with Crippen LogP contribution in [0, 0.1) is 0 Å². The Balaban J connectivity index is 1.44. The third kappa shape index (κ3) is 8.74. The first kappa shape index (κ1) is 29.0. The van der Waals surface area contributed by atoms with Crippen LogP contribution in [-0.4, -0.2) is 75.1 Å². The summed E-state index contributed by atoms with van der Waals surface area (Å²) in [6.07, 6.45) is 0.851. The molecule has 1 aliphatic heterocycles. The van der Waals surface area contributed by atoms with Gasteiger partial charge in [0.25, 0.3) is 5.91 Å². The van der Waals surface area contributed by atoms with E-state index >= 15 is 0 Å². The van der Waals surface area contributed by atoms with Gasteiger partial charge in [0.05, 0.1) is 16.4 Å². The number of piperidine rings is 1. The molecule has 0 radical (unpaired) electrons. The lowest BCUT2D eigenvalue weighted by Crippen LogP contribution is -2.63. The molecule has 12 heteroatoms. The fourth-order valence-electron chi connectivity index (χ4n) is 3.87. The molecule has 2 aromatic rings. The Bertz CT molecular complexity index is 1170. The molecule has 3 rings (SSSR count). The molecular weight excluding hydrogens is 536 g/mol. The molecule has 0 unspecified atom stereocenters. The fourth-order valence-corrected chi connectivity index (χ4v) is 6.55. The number of sulfone groups is 1. The minimum absolute atomic E-state index is 0.0456. The van der Waals surface area contributed by atoms with Crippen molar-refractivity contribution in [3.05, 3.63) is 65.2 Å². The number of carbonyl (C=O) groups is 3. The summed E-state index contributed by atoms with van der Waals surface area (Å²) in [7, 11) is -3.41. The third-order valence-electron chi connectivity index (χ3n) is 5.90. The van der Waals surface area contributed by atoms with E-state index in [4.69, 9.17) is 11.6 Å². The molecular formula is C25H31ClN4O5S2. The van der Waals surface area contributed by atoms with Gasteiger partial charge in [-0.15, -0.1) is 0 Å². The molecule has 0 bridgehead atoms. The minimum Gasteiger partial charge on any atom is -0.352 e. The number of halogens is 1. The van der Waals surface area contributed by atoms with Crippen molar-refractivity contribution in [2.75, 3.05) is 43.4 Å². The van der Waals surface area contributed by atoms with Gasteiger partial charge in [0.1, 0.15) is 5.54 Å². The molecule has 37 heavy (non-hydrogen) atoms. The minimum atomic E-state index is -3.41. The molecule has 9 nitrogen and oxygen atoms in total. The first-order valence-corrected chi connectivity index (χ1v) is 15.1. The highest BCUT2D eigenvalue weighted by Gasteiger charge is 2.40. The van der Waals surface area contributed by atoms with Crippen molar-refractivity contribution in [2.24, 2.45) is 0 Å². The molecule has 4 N–H and O–H groups in total. The average molecular weight is 567 g/mol. The second-order valence-electron chi connectivity index (χ2n) is 8.58. The van der Waals surface area contributed by atoms with Crippen molar-refractivity contribution in [1.29, 1.82) is 0 Å². The average Bonchev–Trinajstić information content (AvgIpc) is 2.90. The largest absolute Gasteiger partial charge is 0.352 e. The van der Waals surface area contributed by atoms with Gasteiger partial charge < -0.3 is 21.3 Å². The van der Waals surface area contributed by atoms with Gasteiger partial charge >= 0.3 is 0 Å². The zero-order chi connectivity index (χ0) is 26.7. The van der Waals surface area contributed by atoms with Crippen molar-refractivity contribution >= 4 is 50.9 Å². The van der Waals surface area contributed by atoms with E-state index in [-0.39, 0.29) is 53.0 Å². The molecule has 3 amide bonds. The van der Waals surface area contributed by atoms with E-state index in [2.05, 4.69) is 21.3 Å². The Labute approximate surface area is 226 Å². The maximum absolute atomic E-state index is 13.1. The molecule has 200 valence electrons. The van der Waals surface area contributed by atoms with E-state index in [9.17, 15) is 22.8 Å². The summed E-state index contributed by atoms with van der Waals surface area (Å²) < 4.78 is 24.8. The van der Waals surface area contributed by atoms with Crippen molar-refractivity contribution in [1.82, 2.24) is 21.3 Å². The monoisotopic (exact) mass is 566 g/mol. The first-order chi connectivity index (χ1) is 17.7. The molecule has 0 aliphatic carbocycles. The zero-order valence-corrected chi connectivity index (χ0v) is 22.7. The van der Waals surface area contributed by atoms with E-state index in [1.807, 2.05) is 0 Å². The van der Waals surface area contributed by atoms with Gasteiger partial charge in [-0.2, -0.15) is 11.8 Å². The number of nitrogens with one attached hydrogen (secondary N) is 4. The lowest BCUT2D eigenvalue weighted by Gasteiger charge is -2.37. The van der Waals surface area contributed by atoms with Crippen LogP contribution in [0.3, 0.4) is 0 Å². The van der Waals surface area contributed by atoms with Crippen LogP contribution in [-0.2, 0) is 19.4 Å². The number of benzene rings is 2. The molecule has 1 saturated heterocycles. The van der Waals surface area contributed by atoms with E-state index in [0.29, 0.717) is 36.5 Å². The van der Waals surface area contributed by atoms with Crippen molar-refractivity contribution in [3.8, 4) is 0 Å². The summed E-state index contributed by atoms with van der Waals surface area (Å²) in [5.41, 5.74) is -0.592. The summed E-state index contributed by atoms with van der Waals surface area (Å²) in [5, 5.41) is 12.2. The molecule has 0 saturated carbocycles. The van der Waals surface area contributed by atoms with Crippen molar-refractivity contribution in [2.45, 2.75) is 23.3 Å². The van der Waals surface area contributed by atoms with E-state index in [0.717, 1.165) is 0 Å². The van der Waals surface area contributed by atoms with Crippen LogP contribution >= 0.6 is 23.4 Å². The van der Waals surface area contributed by atoms with Gasteiger partial charge in [-0.3, -0.25) is 14.4 Å². The quantitative estimate of drug-likeness (QED) is 0.287. The predicted molar refractivity (Wildman–Crippen MR) is 146 cm³/mol. The second kappa shape index (κ2) is 13.8. The number of thioether (sulfide) groups is 1. The van der Waals surface area contributed by atoms with Crippen LogP contribution in [0.5, 0.6) is 0 Å². The lowest BCUT2D eigenvalue weighted by molar-refractivity contribution is -0.133. The highest BCUT2D eigenvalue weighted by atomic mass is 35.5. The molecule has 0 atom stereocenters. The standard InChI is InChI=1S/C25H31ClN4O5S2/c26-20-8-6-19(7-9-20)23(32)28-14-15-29-24(33)25(10-12-27-13-11-25)30-22(31)18-36-16-17-37(34,35)21-4-2-1-3-5-21/h1-9,27H,10-18H2,(H,28,32)(H,29,33)(H,30,31). The van der Waals surface area contributed by atoms with Gasteiger partial charge in [-0.05, 0) is 62.3 Å². The number of hydrogen-bond donors (Lipinski definition) is 4. The van der Waals surface area contributed by atoms with Crippen LogP contribution in [0.25, 0.3) is 0 Å². The van der Waals surface area contributed by atoms with Crippen LogP contribution in [0.15, 0.2) is 59.5 Å². The van der Waals surface area contributed by atoms with Crippen molar-refractivity contribution in [3.63, 3.8) is 0 Å². The van der Waals surface area contributed by atoms with Crippen LogP contribution in [0.4, 0.5) is 0 Å². The van der Waals surface area contributed by atoms with Crippen LogP contribution < -0.4 is 21.3 Å². The highest BCUT2D eigenvalue weighted by Crippen LogP contribution is 2.20. The molecule has 1 heterocycles. The van der Waals surface area contributed by atoms with Crippen molar-refractivity contribution < 1.29 is 22.8 Å². The Morgan fingerprint density at radius 3 is 2.27 bits per heavy atom. The summed E-state index contributed by atoms with van der Waals surface area (Å²) in [4.78, 5) is 38.2. The Morgan fingerprint density at radius 2 is 1.59 bits per heavy atom. The Morgan fingerprint density at radius 1 is 0.946 bits per heavy atom. The van der Waals surface area contributed by atoms with Gasteiger partial charge in [-0.25, -0.2) is 8.42 Å². The zero-order valence-electron chi connectivity index (χ0n) is 20.3. The smallest absolute Gasteiger partial charge is 0.251 e. The molecule has 2 aromatic carbocycles. The van der Waals surface area contributed by atoms with E-state index in [1.165, 1.54) is 11.8 Å². The Hall–Kier alpha value is -2.60. The summed E-state index contributed by atoms with van der Waals surface area (Å²) >= 11 is 7.05. The van der Waals surface area contributed by atoms with E-state index < -0.39 is 15.4 Å². The highest BCUT2D eigenvalue weighted by molar-refractivity contribution is 8.01. The van der Waals surface area contributed by atoms with Gasteiger partial charge in [0.15, 0.2) is 9.84 Å². The topological polar surface area (TPSA) is 133 Å². The predicted octanol–water partition coefficient (Wildman–Crippen LogP) is 1.63. The molecule has 0 spiro atoms. The lowest BCUT2D eigenvalue weighted by atomic mass is 9.87. The fraction of sp³-hybridized carbons (Fsp3) is 0.400. The van der Waals surface area contributed by atoms with Gasteiger partial charge in [-0.1, -0.05) is 29.8 Å². The van der Waals surface area contributed by atoms with Gasteiger partial charge in [0, 0.05) is 29.4 Å². The number of amides is 3. The molecule has 1 aliphatic rings. The van der Waals surface area contributed by atoms with Crippen LogP contribution in [0.2, 0.25) is 5.02 Å². The molecule has 0 aromatic heterocycles. The second-order valence-corrected chi connectivity index (χ2v) is 12.2. The third-order valence-corrected chi connectivity index (χ3v) is 9.11. The van der Waals surface area contributed by atoms with E-state index in [1.54, 1.807) is 54.6 Å². The van der Waals surface area contributed by atoms with Gasteiger partial charge in [0.2, 0.25) is 11.8 Å². The summed E-state index contributed by atoms with van der Waals surface area (Å²) in [5.74, 6) is -0.674. The van der Waals surface area contributed by atoms with Crippen LogP contribution in [0.1, 0.15) is 23.2 Å². The maximum Gasteiger partial charge on any atom is 0.251 e. The Kier molecular flexibility index (Phi) is 10.8. The normalized spacial score (nSPS) is 14.9. The number of hydrogen-bond acceptors (Lipinski definition) is 7. The first-order valence-electron chi connectivity index (χ1n) is 11.9. The number of carbonyl (C=O) groups excluding carboxylic acids is 3. The summed E-state index contributed by atoms with van der Waals surface area (Å²) in [6, 6.07) is 14.7. The summed E-state index contributed by atoms with van der Waals surface area (Å²) in [6.45, 7) is 1.57. The number of rotatable bonds is 12. The SMILES string of the molecule is O=C(CSCCS(=O)(=O)c1ccccc1)NC1(C(=O)NCCNC(=O)c2ccc(Cl)cc2)CCNCC1. The maximum atomic E-state index is 13.1.